The van der Waals surface area contributed by atoms with Crippen molar-refractivity contribution < 1.29 is 9.53 Å². The zero-order valence-electron chi connectivity index (χ0n) is 17.0. The van der Waals surface area contributed by atoms with Gasteiger partial charge in [-0.15, -0.1) is 0 Å². The Balaban J connectivity index is 2.63. The molecule has 0 saturated heterocycles. The maximum Gasteiger partial charge on any atom is 0.308 e. The van der Waals surface area contributed by atoms with Crippen molar-refractivity contribution >= 4 is 17.5 Å². The van der Waals surface area contributed by atoms with Gasteiger partial charge in [0.2, 0.25) is 0 Å². The van der Waals surface area contributed by atoms with Crippen LogP contribution >= 0.6 is 0 Å². The Labute approximate surface area is 156 Å². The normalized spacial score (nSPS) is 12.0. The zero-order valence-corrected chi connectivity index (χ0v) is 17.0. The van der Waals surface area contributed by atoms with Crippen molar-refractivity contribution in [2.75, 3.05) is 5.32 Å². The number of rotatable bonds is 3. The Morgan fingerprint density at radius 1 is 0.962 bits per heavy atom. The van der Waals surface area contributed by atoms with E-state index >= 15 is 0 Å². The Kier molecular flexibility index (Phi) is 5.40. The van der Waals surface area contributed by atoms with E-state index in [1.165, 1.54) is 6.92 Å². The summed E-state index contributed by atoms with van der Waals surface area (Å²) in [5.41, 5.74) is 3.33. The lowest BCUT2D eigenvalue weighted by Crippen LogP contribution is -2.21. The molecule has 140 valence electrons. The highest BCUT2D eigenvalue weighted by Crippen LogP contribution is 2.42. The van der Waals surface area contributed by atoms with Crippen LogP contribution in [0.15, 0.2) is 24.5 Å². The third kappa shape index (κ3) is 4.81. The number of aromatic nitrogens is 2. The highest BCUT2D eigenvalue weighted by atomic mass is 16.5. The molecule has 0 bridgehead atoms. The van der Waals surface area contributed by atoms with Gasteiger partial charge in [0, 0.05) is 23.7 Å². The lowest BCUT2D eigenvalue weighted by molar-refractivity contribution is -0.132. The molecule has 0 radical (unpaired) electrons. The number of anilines is 2. The van der Waals surface area contributed by atoms with E-state index in [0.29, 0.717) is 11.6 Å². The van der Waals surface area contributed by atoms with Crippen molar-refractivity contribution in [3.63, 3.8) is 0 Å². The minimum absolute atomic E-state index is 0.193. The summed E-state index contributed by atoms with van der Waals surface area (Å²) in [6.45, 7) is 16.0. The fraction of sp³-hybridized carbons (Fsp3) is 0.476. The Morgan fingerprint density at radius 2 is 1.50 bits per heavy atom. The number of carbonyl (C=O) groups excluding carboxylic acids is 1. The maximum atomic E-state index is 11.7. The molecule has 1 heterocycles. The van der Waals surface area contributed by atoms with Crippen LogP contribution in [0.2, 0.25) is 0 Å². The Hall–Kier alpha value is -2.43. The van der Waals surface area contributed by atoms with Crippen LogP contribution in [0.1, 0.15) is 65.3 Å². The molecule has 0 fully saturated rings. The molecule has 0 amide bonds. The molecule has 0 aliphatic rings. The minimum atomic E-state index is -0.314. The lowest BCUT2D eigenvalue weighted by atomic mass is 9.79. The van der Waals surface area contributed by atoms with Crippen LogP contribution in [-0.4, -0.2) is 15.9 Å². The minimum Gasteiger partial charge on any atom is -0.426 e. The molecule has 5 nitrogen and oxygen atoms in total. The van der Waals surface area contributed by atoms with Gasteiger partial charge in [-0.05, 0) is 29.9 Å². The van der Waals surface area contributed by atoms with Gasteiger partial charge in [0.15, 0.2) is 0 Å². The summed E-state index contributed by atoms with van der Waals surface area (Å²) in [5.74, 6) is 1.01. The molecule has 0 unspecified atom stereocenters. The number of aryl methyl sites for hydroxylation is 1. The monoisotopic (exact) mass is 355 g/mol. The van der Waals surface area contributed by atoms with Gasteiger partial charge in [-0.3, -0.25) is 9.78 Å². The molecule has 5 heteroatoms. The molecule has 26 heavy (non-hydrogen) atoms. The van der Waals surface area contributed by atoms with Crippen LogP contribution in [0.4, 0.5) is 11.5 Å². The number of nitrogens with one attached hydrogen (secondary N) is 1. The molecule has 1 aromatic heterocycles. The number of carbonyl (C=O) groups is 1. The smallest absolute Gasteiger partial charge is 0.308 e. The van der Waals surface area contributed by atoms with Crippen molar-refractivity contribution in [3.8, 4) is 5.75 Å². The summed E-state index contributed by atoms with van der Waals surface area (Å²) in [4.78, 5) is 20.4. The molecular formula is C21H29N3O2. The first-order chi connectivity index (χ1) is 11.9. The second-order valence-corrected chi connectivity index (χ2v) is 8.66. The molecule has 0 aliphatic carbocycles. The molecule has 0 atom stereocenters. The van der Waals surface area contributed by atoms with E-state index in [9.17, 15) is 4.79 Å². The third-order valence-electron chi connectivity index (χ3n) is 4.00. The van der Waals surface area contributed by atoms with Crippen molar-refractivity contribution in [3.05, 3.63) is 41.3 Å². The van der Waals surface area contributed by atoms with E-state index < -0.39 is 0 Å². The molecule has 2 rings (SSSR count). The quantitative estimate of drug-likeness (QED) is 0.616. The number of nitrogens with zero attached hydrogens (tertiary/aromatic N) is 2. The standard InChI is InChI=1S/C21H29N3O2/c1-13-11-23-18(12-22-13)24-15-9-16(20(3,4)5)19(26-14(2)25)17(10-15)21(6,7)8/h9-12H,1-8H3,(H,23,24). The second kappa shape index (κ2) is 7.06. The van der Waals surface area contributed by atoms with Crippen LogP contribution in [0.3, 0.4) is 0 Å². The van der Waals surface area contributed by atoms with E-state index in [4.69, 9.17) is 4.74 Å². The number of esters is 1. The van der Waals surface area contributed by atoms with E-state index in [1.54, 1.807) is 12.4 Å². The van der Waals surface area contributed by atoms with Crippen LogP contribution in [-0.2, 0) is 15.6 Å². The van der Waals surface area contributed by atoms with Gasteiger partial charge in [-0.1, -0.05) is 41.5 Å². The average molecular weight is 355 g/mol. The number of benzene rings is 1. The van der Waals surface area contributed by atoms with Gasteiger partial charge in [0.1, 0.15) is 11.6 Å². The maximum absolute atomic E-state index is 11.7. The van der Waals surface area contributed by atoms with Crippen molar-refractivity contribution in [2.45, 2.75) is 66.2 Å². The van der Waals surface area contributed by atoms with Crippen LogP contribution < -0.4 is 10.1 Å². The largest absolute Gasteiger partial charge is 0.426 e. The van der Waals surface area contributed by atoms with Crippen LogP contribution in [0.25, 0.3) is 0 Å². The summed E-state index contributed by atoms with van der Waals surface area (Å²) in [6.07, 6.45) is 3.44. The van der Waals surface area contributed by atoms with E-state index in [2.05, 4.69) is 56.8 Å². The number of ether oxygens (including phenoxy) is 1. The molecule has 2 aromatic rings. The highest BCUT2D eigenvalue weighted by Gasteiger charge is 2.29. The van der Waals surface area contributed by atoms with Crippen molar-refractivity contribution in [2.24, 2.45) is 0 Å². The first kappa shape index (κ1) is 19.9. The first-order valence-corrected chi connectivity index (χ1v) is 8.81. The van der Waals surface area contributed by atoms with E-state index in [0.717, 1.165) is 22.5 Å². The summed E-state index contributed by atoms with van der Waals surface area (Å²) in [7, 11) is 0. The van der Waals surface area contributed by atoms with Gasteiger partial charge >= 0.3 is 5.97 Å². The van der Waals surface area contributed by atoms with Crippen LogP contribution in [0.5, 0.6) is 5.75 Å². The fourth-order valence-corrected chi connectivity index (χ4v) is 2.67. The molecular weight excluding hydrogens is 326 g/mol. The zero-order chi connectivity index (χ0) is 19.7. The highest BCUT2D eigenvalue weighted by molar-refractivity contribution is 5.73. The van der Waals surface area contributed by atoms with E-state index in [-0.39, 0.29) is 16.8 Å². The summed E-state index contributed by atoms with van der Waals surface area (Å²) < 4.78 is 5.66. The molecule has 1 N–H and O–H groups in total. The number of hydrogen-bond donors (Lipinski definition) is 1. The molecule has 0 saturated carbocycles. The van der Waals surface area contributed by atoms with Gasteiger partial charge in [-0.25, -0.2) is 4.98 Å². The molecule has 0 aliphatic heterocycles. The van der Waals surface area contributed by atoms with Gasteiger partial charge < -0.3 is 10.1 Å². The van der Waals surface area contributed by atoms with Crippen molar-refractivity contribution in [1.82, 2.24) is 9.97 Å². The summed E-state index contributed by atoms with van der Waals surface area (Å²) in [6, 6.07) is 4.05. The summed E-state index contributed by atoms with van der Waals surface area (Å²) in [5, 5.41) is 3.32. The predicted octanol–water partition coefficient (Wildman–Crippen LogP) is 5.05. The fourth-order valence-electron chi connectivity index (χ4n) is 2.67. The third-order valence-corrected chi connectivity index (χ3v) is 4.00. The molecule has 0 spiro atoms. The van der Waals surface area contributed by atoms with Gasteiger partial charge in [0.05, 0.1) is 18.1 Å². The van der Waals surface area contributed by atoms with Crippen LogP contribution in [0, 0.1) is 6.92 Å². The van der Waals surface area contributed by atoms with E-state index in [1.807, 2.05) is 19.1 Å². The summed E-state index contributed by atoms with van der Waals surface area (Å²) >= 11 is 0. The van der Waals surface area contributed by atoms with Gasteiger partial charge in [0.25, 0.3) is 0 Å². The first-order valence-electron chi connectivity index (χ1n) is 8.81. The molecule has 1 aromatic carbocycles. The number of hydrogen-bond acceptors (Lipinski definition) is 5. The van der Waals surface area contributed by atoms with Gasteiger partial charge in [-0.2, -0.15) is 0 Å². The SMILES string of the molecule is CC(=O)Oc1c(C(C)(C)C)cc(Nc2cnc(C)cn2)cc1C(C)(C)C. The Bertz CT molecular complexity index is 762. The average Bonchev–Trinajstić information content (AvgIpc) is 2.48. The topological polar surface area (TPSA) is 64.1 Å². The lowest BCUT2D eigenvalue weighted by Gasteiger charge is -2.30. The predicted molar refractivity (Wildman–Crippen MR) is 105 cm³/mol. The second-order valence-electron chi connectivity index (χ2n) is 8.66. The van der Waals surface area contributed by atoms with Crippen molar-refractivity contribution in [1.29, 1.82) is 0 Å². The Morgan fingerprint density at radius 3 is 1.88 bits per heavy atom.